The van der Waals surface area contributed by atoms with E-state index in [4.69, 9.17) is 9.84 Å². The Morgan fingerprint density at radius 3 is 2.56 bits per heavy atom. The fourth-order valence-corrected chi connectivity index (χ4v) is 4.74. The molecule has 6 heteroatoms. The minimum Gasteiger partial charge on any atom is -0.497 e. The van der Waals surface area contributed by atoms with Crippen molar-refractivity contribution in [3.05, 3.63) is 101 Å². The number of carboxylic acid groups (broad SMARTS) is 1. The molecule has 0 aliphatic heterocycles. The minimum atomic E-state index is -0.983. The number of allylic oxidation sites excluding steroid dienone is 1. The summed E-state index contributed by atoms with van der Waals surface area (Å²) in [6, 6.07) is 22.2. The molecule has 1 aliphatic carbocycles. The van der Waals surface area contributed by atoms with Crippen molar-refractivity contribution >= 4 is 34.1 Å². The van der Waals surface area contributed by atoms with Crippen LogP contribution in [0.1, 0.15) is 47.1 Å². The predicted octanol–water partition coefficient (Wildman–Crippen LogP) is 6.30. The lowest BCUT2D eigenvalue weighted by Gasteiger charge is -2.32. The smallest absolute Gasteiger partial charge is 0.328 e. The van der Waals surface area contributed by atoms with Crippen LogP contribution in [0.5, 0.6) is 5.75 Å². The SMILES string of the molecule is COc1ccc(/C(=C(\c2ccc(/C=C/C(=O)O)cc2)c2ccc3[nH]ncc3c2)C2CCC2)c(C#N)c1. The first-order chi connectivity index (χ1) is 17.6. The number of ether oxygens (including phenoxy) is 1. The van der Waals surface area contributed by atoms with Crippen molar-refractivity contribution in [2.75, 3.05) is 7.11 Å². The third-order valence-corrected chi connectivity index (χ3v) is 6.77. The second kappa shape index (κ2) is 9.93. The molecule has 5 rings (SSSR count). The van der Waals surface area contributed by atoms with Gasteiger partial charge in [0.15, 0.2) is 0 Å². The van der Waals surface area contributed by atoms with Gasteiger partial charge in [0.1, 0.15) is 5.75 Å². The molecule has 0 radical (unpaired) electrons. The third kappa shape index (κ3) is 4.51. The summed E-state index contributed by atoms with van der Waals surface area (Å²) in [5.41, 5.74) is 7.53. The van der Waals surface area contributed by atoms with E-state index in [1.165, 1.54) is 0 Å². The Labute approximate surface area is 209 Å². The predicted molar refractivity (Wildman–Crippen MR) is 140 cm³/mol. The number of nitrogens with one attached hydrogen (secondary N) is 1. The van der Waals surface area contributed by atoms with Crippen LogP contribution in [0, 0.1) is 17.2 Å². The molecule has 0 atom stereocenters. The fourth-order valence-electron chi connectivity index (χ4n) is 4.74. The van der Waals surface area contributed by atoms with Crippen LogP contribution in [0.15, 0.2) is 72.9 Å². The van der Waals surface area contributed by atoms with Gasteiger partial charge in [0.2, 0.25) is 0 Å². The number of H-pyrrole nitrogens is 1. The Bertz CT molecular complexity index is 1530. The van der Waals surface area contributed by atoms with E-state index in [0.29, 0.717) is 17.2 Å². The highest BCUT2D eigenvalue weighted by molar-refractivity contribution is 6.02. The molecular weight excluding hydrogens is 450 g/mol. The number of carbonyl (C=O) groups is 1. The molecule has 178 valence electrons. The fraction of sp³-hybridized carbons (Fsp3) is 0.167. The first-order valence-corrected chi connectivity index (χ1v) is 11.8. The number of carboxylic acids is 1. The van der Waals surface area contributed by atoms with E-state index in [1.807, 2.05) is 48.7 Å². The minimum absolute atomic E-state index is 0.326. The van der Waals surface area contributed by atoms with Crippen LogP contribution < -0.4 is 4.74 Å². The number of benzene rings is 3. The van der Waals surface area contributed by atoms with Gasteiger partial charge in [-0.05, 0) is 88.6 Å². The maximum absolute atomic E-state index is 10.9. The zero-order valence-electron chi connectivity index (χ0n) is 19.9. The molecule has 1 saturated carbocycles. The maximum Gasteiger partial charge on any atom is 0.328 e. The lowest BCUT2D eigenvalue weighted by atomic mass is 9.72. The van der Waals surface area contributed by atoms with Crippen LogP contribution in [0.4, 0.5) is 0 Å². The summed E-state index contributed by atoms with van der Waals surface area (Å²) < 4.78 is 5.39. The molecular formula is C30H25N3O3. The molecule has 1 heterocycles. The summed E-state index contributed by atoms with van der Waals surface area (Å²) in [6.07, 6.45) is 7.80. The molecule has 2 N–H and O–H groups in total. The van der Waals surface area contributed by atoms with Gasteiger partial charge in [-0.15, -0.1) is 0 Å². The van der Waals surface area contributed by atoms with Crippen molar-refractivity contribution in [1.82, 2.24) is 10.2 Å². The second-order valence-corrected chi connectivity index (χ2v) is 8.91. The summed E-state index contributed by atoms with van der Waals surface area (Å²) >= 11 is 0. The summed E-state index contributed by atoms with van der Waals surface area (Å²) in [6.45, 7) is 0. The molecule has 4 aromatic rings. The lowest BCUT2D eigenvalue weighted by Crippen LogP contribution is -2.16. The van der Waals surface area contributed by atoms with Crippen molar-refractivity contribution in [2.24, 2.45) is 5.92 Å². The Morgan fingerprint density at radius 2 is 1.89 bits per heavy atom. The zero-order chi connectivity index (χ0) is 25.1. The van der Waals surface area contributed by atoms with Gasteiger partial charge < -0.3 is 9.84 Å². The maximum atomic E-state index is 10.9. The Kier molecular flexibility index (Phi) is 6.38. The quantitative estimate of drug-likeness (QED) is 0.241. The third-order valence-electron chi connectivity index (χ3n) is 6.77. The van der Waals surface area contributed by atoms with Gasteiger partial charge in [0.25, 0.3) is 0 Å². The molecule has 0 amide bonds. The van der Waals surface area contributed by atoms with Gasteiger partial charge in [-0.2, -0.15) is 10.4 Å². The molecule has 0 spiro atoms. The number of aromatic nitrogens is 2. The van der Waals surface area contributed by atoms with E-state index in [2.05, 4.69) is 28.4 Å². The van der Waals surface area contributed by atoms with Crippen LogP contribution >= 0.6 is 0 Å². The molecule has 1 fully saturated rings. The van der Waals surface area contributed by atoms with E-state index in [9.17, 15) is 10.1 Å². The van der Waals surface area contributed by atoms with Crippen molar-refractivity contribution in [1.29, 1.82) is 5.26 Å². The topological polar surface area (TPSA) is 99.0 Å². The van der Waals surface area contributed by atoms with E-state index >= 15 is 0 Å². The standard InChI is InChI=1S/C30H25N3O3/c1-36-25-11-12-26(23(16-25)17-31)30(20-3-2-4-20)29(22-10-13-27-24(15-22)18-32-33-27)21-8-5-19(6-9-21)7-14-28(34)35/h5-16,18,20H,2-4H2,1H3,(H,32,33)(H,34,35)/b14-7+,30-29+. The van der Waals surface area contributed by atoms with Crippen molar-refractivity contribution < 1.29 is 14.6 Å². The van der Waals surface area contributed by atoms with Crippen LogP contribution in [-0.4, -0.2) is 28.4 Å². The molecule has 0 bridgehead atoms. The molecule has 1 aromatic heterocycles. The second-order valence-electron chi connectivity index (χ2n) is 8.91. The van der Waals surface area contributed by atoms with Crippen molar-refractivity contribution in [2.45, 2.75) is 19.3 Å². The number of nitrogens with zero attached hydrogens (tertiary/aromatic N) is 2. The molecule has 1 aliphatic rings. The van der Waals surface area contributed by atoms with Gasteiger partial charge >= 0.3 is 5.97 Å². The summed E-state index contributed by atoms with van der Waals surface area (Å²) in [5, 5.41) is 27.2. The van der Waals surface area contributed by atoms with Crippen molar-refractivity contribution in [3.8, 4) is 11.8 Å². The Hall–Kier alpha value is -4.63. The van der Waals surface area contributed by atoms with Gasteiger partial charge in [0, 0.05) is 11.5 Å². The van der Waals surface area contributed by atoms with E-state index in [1.54, 1.807) is 19.3 Å². The number of hydrogen-bond donors (Lipinski definition) is 2. The van der Waals surface area contributed by atoms with E-state index in [-0.39, 0.29) is 0 Å². The molecule has 0 saturated heterocycles. The highest BCUT2D eigenvalue weighted by Gasteiger charge is 2.29. The van der Waals surface area contributed by atoms with Crippen LogP contribution in [0.25, 0.3) is 28.1 Å². The summed E-state index contributed by atoms with van der Waals surface area (Å²) in [4.78, 5) is 10.9. The van der Waals surface area contributed by atoms with Gasteiger partial charge in [-0.1, -0.05) is 36.8 Å². The van der Waals surface area contributed by atoms with E-state index < -0.39 is 5.97 Å². The first kappa shape index (κ1) is 23.1. The van der Waals surface area contributed by atoms with E-state index in [0.717, 1.165) is 69.6 Å². The number of methoxy groups -OCH3 is 1. The highest BCUT2D eigenvalue weighted by atomic mass is 16.5. The average Bonchev–Trinajstić information content (AvgIpc) is 3.34. The first-order valence-electron chi connectivity index (χ1n) is 11.8. The largest absolute Gasteiger partial charge is 0.497 e. The Balaban J connectivity index is 1.77. The molecule has 3 aromatic carbocycles. The normalized spacial score (nSPS) is 14.3. The number of hydrogen-bond acceptors (Lipinski definition) is 4. The van der Waals surface area contributed by atoms with Gasteiger partial charge in [0.05, 0.1) is 30.5 Å². The monoisotopic (exact) mass is 475 g/mol. The lowest BCUT2D eigenvalue weighted by molar-refractivity contribution is -0.131. The average molecular weight is 476 g/mol. The molecule has 36 heavy (non-hydrogen) atoms. The summed E-state index contributed by atoms with van der Waals surface area (Å²) in [7, 11) is 1.60. The highest BCUT2D eigenvalue weighted by Crippen LogP contribution is 2.46. The van der Waals surface area contributed by atoms with Gasteiger partial charge in [-0.3, -0.25) is 5.10 Å². The number of rotatable bonds is 7. The van der Waals surface area contributed by atoms with Crippen molar-refractivity contribution in [3.63, 3.8) is 0 Å². The summed E-state index contributed by atoms with van der Waals surface area (Å²) in [5.74, 6) is -0.00444. The molecule has 0 unspecified atom stereocenters. The number of aliphatic carboxylic acids is 1. The molecule has 6 nitrogen and oxygen atoms in total. The van der Waals surface area contributed by atoms with Gasteiger partial charge in [-0.25, -0.2) is 4.79 Å². The van der Waals surface area contributed by atoms with Crippen LogP contribution in [0.3, 0.4) is 0 Å². The number of nitriles is 1. The zero-order valence-corrected chi connectivity index (χ0v) is 19.9. The van der Waals surface area contributed by atoms with Crippen LogP contribution in [0.2, 0.25) is 0 Å². The Morgan fingerprint density at radius 1 is 1.11 bits per heavy atom. The number of aromatic amines is 1. The van der Waals surface area contributed by atoms with Crippen LogP contribution in [-0.2, 0) is 4.79 Å². The number of fused-ring (bicyclic) bond motifs is 1.